The lowest BCUT2D eigenvalue weighted by Gasteiger charge is -2.33. The van der Waals surface area contributed by atoms with Crippen molar-refractivity contribution < 1.29 is 18.1 Å². The fraction of sp³-hybridized carbons (Fsp3) is 0.421. The van der Waals surface area contributed by atoms with Crippen molar-refractivity contribution >= 4 is 27.6 Å². The van der Waals surface area contributed by atoms with Gasteiger partial charge >= 0.3 is 0 Å². The van der Waals surface area contributed by atoms with Crippen LogP contribution >= 0.6 is 0 Å². The summed E-state index contributed by atoms with van der Waals surface area (Å²) in [4.78, 5) is 33.0. The van der Waals surface area contributed by atoms with E-state index in [1.165, 1.54) is 22.5 Å². The molecule has 1 aliphatic heterocycles. The minimum absolute atomic E-state index is 0.0941. The van der Waals surface area contributed by atoms with Gasteiger partial charge in [0.15, 0.2) is 0 Å². The van der Waals surface area contributed by atoms with Gasteiger partial charge in [-0.25, -0.2) is 18.4 Å². The molecule has 12 heteroatoms. The molecule has 1 N–H and O–H groups in total. The molecule has 0 unspecified atom stereocenters. The number of nitrogens with one attached hydrogen (secondary N) is 1. The molecule has 0 atom stereocenters. The summed E-state index contributed by atoms with van der Waals surface area (Å²) < 4.78 is 26.6. The molecule has 31 heavy (non-hydrogen) atoms. The monoisotopic (exact) mass is 448 g/mol. The average molecular weight is 449 g/mol. The number of nitrogens with zero attached hydrogens (tertiary/aromatic N) is 5. The van der Waals surface area contributed by atoms with Gasteiger partial charge in [-0.3, -0.25) is 14.9 Å². The maximum Gasteiger partial charge on any atom is 0.273 e. The highest BCUT2D eigenvalue weighted by atomic mass is 32.2. The van der Waals surface area contributed by atoms with Crippen LogP contribution in [0.25, 0.3) is 0 Å². The lowest BCUT2D eigenvalue weighted by Crippen LogP contribution is -2.49. The van der Waals surface area contributed by atoms with E-state index in [9.17, 15) is 23.3 Å². The number of amides is 1. The first kappa shape index (κ1) is 22.6. The molecule has 166 valence electrons. The fourth-order valence-corrected chi connectivity index (χ4v) is 4.74. The van der Waals surface area contributed by atoms with Crippen LogP contribution in [0.15, 0.2) is 36.7 Å². The van der Waals surface area contributed by atoms with E-state index < -0.39 is 20.9 Å². The highest BCUT2D eigenvalue weighted by Crippen LogP contribution is 2.19. The first-order valence-corrected chi connectivity index (χ1v) is 11.4. The molecule has 1 amide bonds. The molecule has 1 fully saturated rings. The Morgan fingerprint density at radius 2 is 1.87 bits per heavy atom. The fourth-order valence-electron chi connectivity index (χ4n) is 3.26. The molecule has 1 aromatic heterocycles. The summed E-state index contributed by atoms with van der Waals surface area (Å²) in [6.07, 6.45) is 3.53. The van der Waals surface area contributed by atoms with Crippen molar-refractivity contribution in [1.82, 2.24) is 19.6 Å². The maximum atomic E-state index is 12.6. The van der Waals surface area contributed by atoms with Crippen molar-refractivity contribution in [1.29, 1.82) is 0 Å². The number of aryl methyl sites for hydroxylation is 1. The van der Waals surface area contributed by atoms with Crippen LogP contribution in [0.1, 0.15) is 22.3 Å². The number of anilines is 1. The smallest absolute Gasteiger partial charge is 0.273 e. The largest absolute Gasteiger partial charge is 0.352 e. The summed E-state index contributed by atoms with van der Waals surface area (Å²) >= 11 is 0. The van der Waals surface area contributed by atoms with Gasteiger partial charge in [-0.15, -0.1) is 0 Å². The predicted molar refractivity (Wildman–Crippen MR) is 114 cm³/mol. The zero-order valence-corrected chi connectivity index (χ0v) is 17.9. The van der Waals surface area contributed by atoms with Crippen LogP contribution in [0.2, 0.25) is 0 Å². The van der Waals surface area contributed by atoms with E-state index in [1.54, 1.807) is 25.4 Å². The molecule has 0 aliphatic carbocycles. The Morgan fingerprint density at radius 3 is 2.52 bits per heavy atom. The van der Waals surface area contributed by atoms with Crippen molar-refractivity contribution in [2.75, 3.05) is 43.4 Å². The Bertz CT molecular complexity index is 1040. The van der Waals surface area contributed by atoms with E-state index >= 15 is 0 Å². The van der Waals surface area contributed by atoms with Crippen LogP contribution in [-0.2, 0) is 10.0 Å². The van der Waals surface area contributed by atoms with Crippen molar-refractivity contribution in [3.63, 3.8) is 0 Å². The Labute approximate surface area is 180 Å². The number of hydrogen-bond acceptors (Lipinski definition) is 8. The number of piperazine rings is 1. The number of hydrogen-bond donors (Lipinski definition) is 1. The van der Waals surface area contributed by atoms with Crippen molar-refractivity contribution in [3.05, 3.63) is 57.9 Å². The highest BCUT2D eigenvalue weighted by molar-refractivity contribution is 7.89. The van der Waals surface area contributed by atoms with Crippen LogP contribution in [0, 0.1) is 17.0 Å². The average Bonchev–Trinajstić information content (AvgIpc) is 2.77. The molecule has 3 rings (SSSR count). The van der Waals surface area contributed by atoms with Gasteiger partial charge in [0, 0.05) is 62.3 Å². The van der Waals surface area contributed by atoms with Crippen LogP contribution in [0.5, 0.6) is 0 Å². The van der Waals surface area contributed by atoms with Gasteiger partial charge in [0.2, 0.25) is 16.0 Å². The van der Waals surface area contributed by atoms with Crippen LogP contribution in [0.4, 0.5) is 11.6 Å². The van der Waals surface area contributed by atoms with E-state index in [1.807, 2.05) is 4.90 Å². The normalized spacial score (nSPS) is 14.9. The molecule has 2 heterocycles. The molecular formula is C19H24N6O5S. The van der Waals surface area contributed by atoms with Crippen LogP contribution in [-0.4, -0.2) is 72.0 Å². The first-order valence-electron chi connectivity index (χ1n) is 9.81. The van der Waals surface area contributed by atoms with Gasteiger partial charge < -0.3 is 10.2 Å². The Morgan fingerprint density at radius 1 is 1.19 bits per heavy atom. The minimum atomic E-state index is -3.45. The van der Waals surface area contributed by atoms with E-state index in [0.717, 1.165) is 0 Å². The predicted octanol–water partition coefficient (Wildman–Crippen LogP) is 0.965. The number of carbonyl (C=O) groups excluding carboxylic acids is 1. The highest BCUT2D eigenvalue weighted by Gasteiger charge is 2.27. The molecular weight excluding hydrogens is 424 g/mol. The lowest BCUT2D eigenvalue weighted by atomic mass is 10.1. The van der Waals surface area contributed by atoms with Gasteiger partial charge in [0.05, 0.1) is 10.7 Å². The summed E-state index contributed by atoms with van der Waals surface area (Å²) in [7, 11) is -3.45. The molecule has 1 saturated heterocycles. The van der Waals surface area contributed by atoms with Crippen LogP contribution < -0.4 is 10.2 Å². The zero-order chi connectivity index (χ0) is 22.4. The summed E-state index contributed by atoms with van der Waals surface area (Å²) in [6.45, 7) is 3.45. The number of nitro groups is 1. The molecule has 0 saturated carbocycles. The second-order valence-corrected chi connectivity index (χ2v) is 9.21. The van der Waals surface area contributed by atoms with Gasteiger partial charge in [0.25, 0.3) is 11.6 Å². The van der Waals surface area contributed by atoms with Crippen LogP contribution in [0.3, 0.4) is 0 Å². The first-order chi connectivity index (χ1) is 14.8. The third-order valence-electron chi connectivity index (χ3n) is 5.00. The Kier molecular flexibility index (Phi) is 7.13. The number of aromatic nitrogens is 2. The second-order valence-electron chi connectivity index (χ2n) is 7.12. The Hall–Kier alpha value is -3.12. The van der Waals surface area contributed by atoms with Crippen molar-refractivity contribution in [3.8, 4) is 0 Å². The summed E-state index contributed by atoms with van der Waals surface area (Å²) in [5.41, 5.74) is 0.501. The third-order valence-corrected chi connectivity index (χ3v) is 6.96. The molecule has 11 nitrogen and oxygen atoms in total. The third kappa shape index (κ3) is 5.73. The quantitative estimate of drug-likeness (QED) is 0.358. The Balaban J connectivity index is 1.45. The molecule has 1 aliphatic rings. The standard InChI is InChI=1S/C19H24N6O5S/c1-15-4-5-16(14-17(15)25(27)28)18(26)20-8-3-13-31(29,30)24-11-9-23(10-12-24)19-21-6-2-7-22-19/h2,4-7,14H,3,8-13H2,1H3,(H,20,26). The number of rotatable bonds is 8. The lowest BCUT2D eigenvalue weighted by molar-refractivity contribution is -0.385. The van der Waals surface area contributed by atoms with Gasteiger partial charge in [-0.1, -0.05) is 6.07 Å². The minimum Gasteiger partial charge on any atom is -0.352 e. The number of nitro benzene ring substituents is 1. The molecule has 0 radical (unpaired) electrons. The maximum absolute atomic E-state index is 12.6. The summed E-state index contributed by atoms with van der Waals surface area (Å²) in [6, 6.07) is 5.96. The van der Waals surface area contributed by atoms with Gasteiger partial charge in [-0.2, -0.15) is 4.31 Å². The SMILES string of the molecule is Cc1ccc(C(=O)NCCCS(=O)(=O)N2CCN(c3ncccn3)CC2)cc1[N+](=O)[O-]. The topological polar surface area (TPSA) is 139 Å². The molecule has 2 aromatic rings. The van der Waals surface area contributed by atoms with Crippen molar-refractivity contribution in [2.24, 2.45) is 0 Å². The van der Waals surface area contributed by atoms with E-state index in [0.29, 0.717) is 37.7 Å². The van der Waals surface area contributed by atoms with E-state index in [-0.39, 0.29) is 30.0 Å². The van der Waals surface area contributed by atoms with Crippen molar-refractivity contribution in [2.45, 2.75) is 13.3 Å². The summed E-state index contributed by atoms with van der Waals surface area (Å²) in [5, 5.41) is 13.6. The second kappa shape index (κ2) is 9.79. The number of carbonyl (C=O) groups is 1. The van der Waals surface area contributed by atoms with Gasteiger partial charge in [-0.05, 0) is 25.5 Å². The molecule has 0 bridgehead atoms. The van der Waals surface area contributed by atoms with E-state index in [4.69, 9.17) is 0 Å². The molecule has 0 spiro atoms. The summed E-state index contributed by atoms with van der Waals surface area (Å²) in [5.74, 6) is 0.0129. The number of sulfonamides is 1. The number of benzene rings is 1. The van der Waals surface area contributed by atoms with E-state index in [2.05, 4.69) is 15.3 Å². The molecule has 1 aromatic carbocycles. The zero-order valence-electron chi connectivity index (χ0n) is 17.1. The van der Waals surface area contributed by atoms with Gasteiger partial charge in [0.1, 0.15) is 0 Å².